The number of halogens is 1. The van der Waals surface area contributed by atoms with Gasteiger partial charge in [-0.1, -0.05) is 0 Å². The second-order valence-corrected chi connectivity index (χ2v) is 6.45. The van der Waals surface area contributed by atoms with Crippen LogP contribution in [0.15, 0.2) is 22.2 Å². The first-order chi connectivity index (χ1) is 8.74. The fraction of sp³-hybridized carbons (Fsp3) is 0.500. The highest BCUT2D eigenvalue weighted by atomic mass is 79.9. The van der Waals surface area contributed by atoms with Crippen molar-refractivity contribution in [2.75, 3.05) is 0 Å². The zero-order valence-corrected chi connectivity index (χ0v) is 12.5. The summed E-state index contributed by atoms with van der Waals surface area (Å²) in [5.74, 6) is 1.07. The Hall–Kier alpha value is -0.720. The smallest absolute Gasteiger partial charge is 0.143 e. The van der Waals surface area contributed by atoms with E-state index in [1.807, 2.05) is 4.68 Å². The number of hydrogen-bond donors (Lipinski definition) is 1. The topological polar surface area (TPSA) is 42.7 Å². The van der Waals surface area contributed by atoms with Gasteiger partial charge in [-0.25, -0.2) is 9.67 Å². The van der Waals surface area contributed by atoms with E-state index in [2.05, 4.69) is 49.7 Å². The van der Waals surface area contributed by atoms with E-state index < -0.39 is 0 Å². The van der Waals surface area contributed by atoms with E-state index in [9.17, 15) is 0 Å². The van der Waals surface area contributed by atoms with Crippen molar-refractivity contribution in [2.45, 2.75) is 38.4 Å². The number of fused-ring (bicyclic) bond motifs is 1. The first-order valence-electron chi connectivity index (χ1n) is 6.11. The number of aryl methyl sites for hydroxylation is 1. The van der Waals surface area contributed by atoms with Gasteiger partial charge in [0.05, 0.1) is 6.04 Å². The molecule has 2 atom stereocenters. The number of nitrogens with zero attached hydrogens (tertiary/aromatic N) is 3. The van der Waals surface area contributed by atoms with E-state index in [4.69, 9.17) is 0 Å². The summed E-state index contributed by atoms with van der Waals surface area (Å²) in [5.41, 5.74) is 0. The lowest BCUT2D eigenvalue weighted by atomic mass is 10.1. The standard InChI is InChI=1S/C12H15BrN4S/c1-8(11-5-9(13)6-18-11)16-10-3-2-4-17-12(10)14-7-15-17/h5-8,10,16H,2-4H2,1H3/t8-,10+/m0/s1. The molecule has 0 unspecified atom stereocenters. The fourth-order valence-electron chi connectivity index (χ4n) is 2.39. The Morgan fingerprint density at radius 3 is 3.28 bits per heavy atom. The van der Waals surface area contributed by atoms with Crippen LogP contribution in [0.1, 0.15) is 42.6 Å². The van der Waals surface area contributed by atoms with Crippen molar-refractivity contribution in [1.82, 2.24) is 20.1 Å². The van der Waals surface area contributed by atoms with Crippen LogP contribution in [0.4, 0.5) is 0 Å². The minimum Gasteiger partial charge on any atom is -0.300 e. The van der Waals surface area contributed by atoms with Crippen LogP contribution < -0.4 is 5.32 Å². The Labute approximate surface area is 119 Å². The van der Waals surface area contributed by atoms with E-state index in [-0.39, 0.29) is 0 Å². The monoisotopic (exact) mass is 326 g/mol. The summed E-state index contributed by atoms with van der Waals surface area (Å²) in [6.07, 6.45) is 3.95. The van der Waals surface area contributed by atoms with Gasteiger partial charge in [0.25, 0.3) is 0 Å². The molecule has 0 saturated heterocycles. The number of nitrogens with one attached hydrogen (secondary N) is 1. The number of thiophene rings is 1. The Morgan fingerprint density at radius 2 is 2.50 bits per heavy atom. The number of aromatic nitrogens is 3. The molecule has 0 aliphatic carbocycles. The second kappa shape index (κ2) is 5.11. The normalized spacial score (nSPS) is 20.7. The van der Waals surface area contributed by atoms with Crippen molar-refractivity contribution in [3.63, 3.8) is 0 Å². The zero-order chi connectivity index (χ0) is 12.5. The van der Waals surface area contributed by atoms with E-state index in [0.29, 0.717) is 12.1 Å². The van der Waals surface area contributed by atoms with Crippen LogP contribution in [-0.2, 0) is 6.54 Å². The summed E-state index contributed by atoms with van der Waals surface area (Å²) in [6.45, 7) is 3.19. The molecule has 0 spiro atoms. The molecule has 0 saturated carbocycles. The SMILES string of the molecule is C[C@H](N[C@@H]1CCCn2ncnc21)c1cc(Br)cs1. The second-order valence-electron chi connectivity index (χ2n) is 4.59. The molecule has 0 bridgehead atoms. The molecule has 3 heterocycles. The molecule has 1 aliphatic rings. The highest BCUT2D eigenvalue weighted by Crippen LogP contribution is 2.29. The van der Waals surface area contributed by atoms with Crippen LogP contribution >= 0.6 is 27.3 Å². The summed E-state index contributed by atoms with van der Waals surface area (Å²) in [6, 6.07) is 2.84. The van der Waals surface area contributed by atoms with Crippen LogP contribution in [0.3, 0.4) is 0 Å². The van der Waals surface area contributed by atoms with Gasteiger partial charge in [-0.15, -0.1) is 11.3 Å². The Morgan fingerprint density at radius 1 is 1.61 bits per heavy atom. The lowest BCUT2D eigenvalue weighted by molar-refractivity contribution is 0.345. The van der Waals surface area contributed by atoms with E-state index in [1.165, 1.54) is 4.88 Å². The fourth-order valence-corrected chi connectivity index (χ4v) is 3.85. The molecule has 0 aromatic carbocycles. The van der Waals surface area contributed by atoms with Gasteiger partial charge in [0, 0.05) is 27.3 Å². The number of hydrogen-bond acceptors (Lipinski definition) is 4. The van der Waals surface area contributed by atoms with Crippen molar-refractivity contribution in [3.05, 3.63) is 32.9 Å². The van der Waals surface area contributed by atoms with Gasteiger partial charge in [0.2, 0.25) is 0 Å². The van der Waals surface area contributed by atoms with Crippen LogP contribution in [0.25, 0.3) is 0 Å². The molecular formula is C12H15BrN4S. The lowest BCUT2D eigenvalue weighted by Gasteiger charge is -2.26. The third kappa shape index (κ3) is 2.37. The minimum absolute atomic E-state index is 0.317. The maximum atomic E-state index is 4.37. The predicted octanol–water partition coefficient (Wildman–Crippen LogP) is 3.29. The molecular weight excluding hydrogens is 312 g/mol. The van der Waals surface area contributed by atoms with Gasteiger partial charge in [-0.3, -0.25) is 5.32 Å². The van der Waals surface area contributed by atoms with Crippen molar-refractivity contribution in [3.8, 4) is 0 Å². The van der Waals surface area contributed by atoms with Crippen LogP contribution in [-0.4, -0.2) is 14.8 Å². The Balaban J connectivity index is 1.74. The molecule has 6 heteroatoms. The first kappa shape index (κ1) is 12.3. The van der Waals surface area contributed by atoms with Gasteiger partial charge in [0.15, 0.2) is 0 Å². The zero-order valence-electron chi connectivity index (χ0n) is 10.1. The van der Waals surface area contributed by atoms with Crippen LogP contribution in [0.2, 0.25) is 0 Å². The number of rotatable bonds is 3. The van der Waals surface area contributed by atoms with E-state index in [1.54, 1.807) is 17.7 Å². The molecule has 18 heavy (non-hydrogen) atoms. The Kier molecular flexibility index (Phi) is 3.50. The first-order valence-corrected chi connectivity index (χ1v) is 7.79. The van der Waals surface area contributed by atoms with Crippen LogP contribution in [0.5, 0.6) is 0 Å². The molecule has 3 rings (SSSR count). The quantitative estimate of drug-likeness (QED) is 0.941. The molecule has 0 radical (unpaired) electrons. The molecule has 0 fully saturated rings. The maximum Gasteiger partial charge on any atom is 0.143 e. The van der Waals surface area contributed by atoms with Crippen LogP contribution in [0, 0.1) is 0 Å². The summed E-state index contributed by atoms with van der Waals surface area (Å²) < 4.78 is 3.17. The highest BCUT2D eigenvalue weighted by molar-refractivity contribution is 9.10. The summed E-state index contributed by atoms with van der Waals surface area (Å²) in [7, 11) is 0. The largest absolute Gasteiger partial charge is 0.300 e. The average Bonchev–Trinajstić information content (AvgIpc) is 2.97. The minimum atomic E-state index is 0.317. The van der Waals surface area contributed by atoms with Crippen molar-refractivity contribution < 1.29 is 0 Å². The molecule has 2 aromatic rings. The molecule has 1 N–H and O–H groups in total. The lowest BCUT2D eigenvalue weighted by Crippen LogP contribution is -2.30. The molecule has 4 nitrogen and oxygen atoms in total. The molecule has 1 aliphatic heterocycles. The van der Waals surface area contributed by atoms with Gasteiger partial charge in [0.1, 0.15) is 12.2 Å². The van der Waals surface area contributed by atoms with E-state index >= 15 is 0 Å². The molecule has 0 amide bonds. The van der Waals surface area contributed by atoms with Gasteiger partial charge in [-0.2, -0.15) is 5.10 Å². The maximum absolute atomic E-state index is 4.37. The van der Waals surface area contributed by atoms with Crippen molar-refractivity contribution >= 4 is 27.3 Å². The van der Waals surface area contributed by atoms with E-state index in [0.717, 1.165) is 29.7 Å². The predicted molar refractivity (Wildman–Crippen MR) is 75.6 cm³/mol. The highest BCUT2D eigenvalue weighted by Gasteiger charge is 2.24. The van der Waals surface area contributed by atoms with Crippen molar-refractivity contribution in [2.24, 2.45) is 0 Å². The average molecular weight is 327 g/mol. The van der Waals surface area contributed by atoms with Gasteiger partial charge in [-0.05, 0) is 41.8 Å². The van der Waals surface area contributed by atoms with Crippen molar-refractivity contribution in [1.29, 1.82) is 0 Å². The summed E-state index contributed by atoms with van der Waals surface area (Å²) in [5, 5.41) is 10.0. The van der Waals surface area contributed by atoms with Gasteiger partial charge < -0.3 is 0 Å². The third-order valence-electron chi connectivity index (χ3n) is 3.29. The third-order valence-corrected chi connectivity index (χ3v) is 5.16. The summed E-state index contributed by atoms with van der Waals surface area (Å²) >= 11 is 5.28. The molecule has 96 valence electrons. The van der Waals surface area contributed by atoms with Gasteiger partial charge >= 0.3 is 0 Å². The summed E-state index contributed by atoms with van der Waals surface area (Å²) in [4.78, 5) is 5.72. The molecule has 2 aromatic heterocycles. The Bertz CT molecular complexity index is 536.